The zero-order chi connectivity index (χ0) is 21.4. The minimum atomic E-state index is -0.469. The summed E-state index contributed by atoms with van der Waals surface area (Å²) in [5, 5.41) is 0. The maximum Gasteiger partial charge on any atom is 0.410 e. The standard InChI is InChI=1S/C19H29BrN4O3.C2H6/c1-19(2,3)27-18(25)24-8-6-23(7-9-24)17-16(13-15(20)14-21-17)22-5-4-11-26-12-10-22;1-2/h13-14H,4-12H2,1-3H3;1-2H3. The Bertz CT molecular complexity index is 650. The molecule has 0 saturated carbocycles. The van der Waals surface area contributed by atoms with Crippen LogP contribution in [0.2, 0.25) is 0 Å². The number of anilines is 2. The highest BCUT2D eigenvalue weighted by Crippen LogP contribution is 2.31. The first-order valence-corrected chi connectivity index (χ1v) is 11.3. The monoisotopic (exact) mass is 470 g/mol. The summed E-state index contributed by atoms with van der Waals surface area (Å²) in [6.45, 7) is 15.8. The summed E-state index contributed by atoms with van der Waals surface area (Å²) in [6.07, 6.45) is 2.61. The zero-order valence-corrected chi connectivity index (χ0v) is 20.0. The predicted molar refractivity (Wildman–Crippen MR) is 121 cm³/mol. The van der Waals surface area contributed by atoms with Crippen molar-refractivity contribution in [3.8, 4) is 0 Å². The molecule has 1 amide bonds. The van der Waals surface area contributed by atoms with Gasteiger partial charge in [0, 0.05) is 56.5 Å². The molecule has 1 aromatic rings. The third-order valence-corrected chi connectivity index (χ3v) is 5.04. The average molecular weight is 471 g/mol. The SMILES string of the molecule is CC.CC(C)(C)OC(=O)N1CCN(c2ncc(Br)cc2N2CCCOCC2)CC1. The number of halogens is 1. The van der Waals surface area contributed by atoms with E-state index in [9.17, 15) is 4.79 Å². The molecule has 3 rings (SSSR count). The Labute approximate surface area is 183 Å². The highest BCUT2D eigenvalue weighted by atomic mass is 79.9. The van der Waals surface area contributed by atoms with Gasteiger partial charge in [0.25, 0.3) is 0 Å². The molecule has 2 aliphatic heterocycles. The topological polar surface area (TPSA) is 58.1 Å². The molecule has 0 aromatic carbocycles. The van der Waals surface area contributed by atoms with Gasteiger partial charge in [-0.1, -0.05) is 13.8 Å². The highest BCUT2D eigenvalue weighted by molar-refractivity contribution is 9.10. The second-order valence-corrected chi connectivity index (χ2v) is 8.82. The fraction of sp³-hybridized carbons (Fsp3) is 0.714. The van der Waals surface area contributed by atoms with Crippen LogP contribution >= 0.6 is 15.9 Å². The summed E-state index contributed by atoms with van der Waals surface area (Å²) in [6, 6.07) is 2.13. The van der Waals surface area contributed by atoms with Crippen LogP contribution in [0.25, 0.3) is 0 Å². The number of carbonyl (C=O) groups is 1. The molecule has 0 radical (unpaired) electrons. The number of nitrogens with zero attached hydrogens (tertiary/aromatic N) is 4. The van der Waals surface area contributed by atoms with Crippen LogP contribution in [0.1, 0.15) is 41.0 Å². The van der Waals surface area contributed by atoms with Gasteiger partial charge in [-0.05, 0) is 49.2 Å². The van der Waals surface area contributed by atoms with Gasteiger partial charge >= 0.3 is 6.09 Å². The van der Waals surface area contributed by atoms with E-state index >= 15 is 0 Å². The molecule has 164 valence electrons. The maximum absolute atomic E-state index is 12.3. The first kappa shape index (κ1) is 23.7. The van der Waals surface area contributed by atoms with E-state index in [0.717, 1.165) is 61.8 Å². The Morgan fingerprint density at radius 3 is 2.41 bits per heavy atom. The third kappa shape index (κ3) is 7.03. The quantitative estimate of drug-likeness (QED) is 0.646. The fourth-order valence-corrected chi connectivity index (χ4v) is 3.63. The summed E-state index contributed by atoms with van der Waals surface area (Å²) in [5.74, 6) is 0.976. The molecule has 0 spiro atoms. The lowest BCUT2D eigenvalue weighted by molar-refractivity contribution is 0.0240. The van der Waals surface area contributed by atoms with Gasteiger partial charge in [0.15, 0.2) is 5.82 Å². The van der Waals surface area contributed by atoms with Crippen molar-refractivity contribution in [2.75, 3.05) is 62.3 Å². The van der Waals surface area contributed by atoms with Gasteiger partial charge < -0.3 is 24.2 Å². The van der Waals surface area contributed by atoms with Crippen molar-refractivity contribution < 1.29 is 14.3 Å². The van der Waals surface area contributed by atoms with E-state index in [0.29, 0.717) is 13.1 Å². The number of aromatic nitrogens is 1. The summed E-state index contributed by atoms with van der Waals surface area (Å²) in [7, 11) is 0. The summed E-state index contributed by atoms with van der Waals surface area (Å²) < 4.78 is 12.1. The van der Waals surface area contributed by atoms with Gasteiger partial charge in [0.1, 0.15) is 5.60 Å². The van der Waals surface area contributed by atoms with Gasteiger partial charge in [-0.3, -0.25) is 0 Å². The zero-order valence-electron chi connectivity index (χ0n) is 18.4. The molecule has 2 aliphatic rings. The summed E-state index contributed by atoms with van der Waals surface area (Å²) >= 11 is 3.55. The molecule has 0 bridgehead atoms. The number of hydrogen-bond acceptors (Lipinski definition) is 6. The van der Waals surface area contributed by atoms with E-state index in [-0.39, 0.29) is 6.09 Å². The molecular formula is C21H35BrN4O3. The molecule has 8 heteroatoms. The Morgan fingerprint density at radius 1 is 1.07 bits per heavy atom. The van der Waals surface area contributed by atoms with Crippen LogP contribution < -0.4 is 9.80 Å². The van der Waals surface area contributed by atoms with Gasteiger partial charge in [-0.2, -0.15) is 0 Å². The smallest absolute Gasteiger partial charge is 0.410 e. The van der Waals surface area contributed by atoms with Crippen LogP contribution in [-0.4, -0.2) is 74.1 Å². The lowest BCUT2D eigenvalue weighted by Gasteiger charge is -2.38. The predicted octanol–water partition coefficient (Wildman–Crippen LogP) is 4.15. The van der Waals surface area contributed by atoms with Crippen molar-refractivity contribution in [2.45, 2.75) is 46.6 Å². The van der Waals surface area contributed by atoms with Crippen molar-refractivity contribution in [1.29, 1.82) is 0 Å². The average Bonchev–Trinajstić information content (AvgIpc) is 2.98. The molecule has 0 atom stereocenters. The number of amides is 1. The van der Waals surface area contributed by atoms with Crippen LogP contribution in [0, 0.1) is 0 Å². The second kappa shape index (κ2) is 11.0. The molecule has 0 N–H and O–H groups in total. The van der Waals surface area contributed by atoms with E-state index in [1.165, 1.54) is 0 Å². The minimum absolute atomic E-state index is 0.240. The van der Waals surface area contributed by atoms with Crippen LogP contribution in [0.3, 0.4) is 0 Å². The van der Waals surface area contributed by atoms with Crippen molar-refractivity contribution in [1.82, 2.24) is 9.88 Å². The molecule has 1 aromatic heterocycles. The molecular weight excluding hydrogens is 436 g/mol. The largest absolute Gasteiger partial charge is 0.444 e. The minimum Gasteiger partial charge on any atom is -0.444 e. The van der Waals surface area contributed by atoms with E-state index in [2.05, 4.69) is 31.8 Å². The third-order valence-electron chi connectivity index (χ3n) is 4.61. The van der Waals surface area contributed by atoms with E-state index < -0.39 is 5.60 Å². The van der Waals surface area contributed by atoms with Crippen LogP contribution in [0.15, 0.2) is 16.7 Å². The number of piperazine rings is 1. The van der Waals surface area contributed by atoms with Crippen molar-refractivity contribution in [3.05, 3.63) is 16.7 Å². The molecule has 0 unspecified atom stereocenters. The van der Waals surface area contributed by atoms with Crippen molar-refractivity contribution >= 4 is 33.5 Å². The normalized spacial score (nSPS) is 17.9. The number of pyridine rings is 1. The number of ether oxygens (including phenoxy) is 2. The Balaban J connectivity index is 0.00000145. The maximum atomic E-state index is 12.3. The first-order valence-electron chi connectivity index (χ1n) is 10.5. The highest BCUT2D eigenvalue weighted by Gasteiger charge is 2.28. The fourth-order valence-electron chi connectivity index (χ4n) is 3.31. The van der Waals surface area contributed by atoms with Crippen molar-refractivity contribution in [2.24, 2.45) is 0 Å². The summed E-state index contributed by atoms with van der Waals surface area (Å²) in [5.41, 5.74) is 0.657. The molecule has 29 heavy (non-hydrogen) atoms. The lowest BCUT2D eigenvalue weighted by Crippen LogP contribution is -2.50. The Morgan fingerprint density at radius 2 is 1.76 bits per heavy atom. The lowest BCUT2D eigenvalue weighted by atomic mass is 10.2. The van der Waals surface area contributed by atoms with E-state index in [1.54, 1.807) is 4.90 Å². The van der Waals surface area contributed by atoms with Crippen LogP contribution in [-0.2, 0) is 9.47 Å². The van der Waals surface area contributed by atoms with Crippen molar-refractivity contribution in [3.63, 3.8) is 0 Å². The van der Waals surface area contributed by atoms with E-state index in [1.807, 2.05) is 40.8 Å². The van der Waals surface area contributed by atoms with Crippen LogP contribution in [0.5, 0.6) is 0 Å². The molecule has 2 fully saturated rings. The number of carbonyl (C=O) groups excluding carboxylic acids is 1. The first-order chi connectivity index (χ1) is 13.8. The number of hydrogen-bond donors (Lipinski definition) is 0. The molecule has 3 heterocycles. The van der Waals surface area contributed by atoms with Gasteiger partial charge in [-0.25, -0.2) is 9.78 Å². The van der Waals surface area contributed by atoms with E-state index in [4.69, 9.17) is 14.5 Å². The second-order valence-electron chi connectivity index (χ2n) is 7.90. The molecule has 2 saturated heterocycles. The number of rotatable bonds is 2. The van der Waals surface area contributed by atoms with Crippen LogP contribution in [0.4, 0.5) is 16.3 Å². The Kier molecular flexibility index (Phi) is 9.02. The Hall–Kier alpha value is -1.54. The van der Waals surface area contributed by atoms with Gasteiger partial charge in [-0.15, -0.1) is 0 Å². The van der Waals surface area contributed by atoms with Gasteiger partial charge in [0.2, 0.25) is 0 Å². The summed E-state index contributed by atoms with van der Waals surface area (Å²) in [4.78, 5) is 23.4. The van der Waals surface area contributed by atoms with Gasteiger partial charge in [0.05, 0.1) is 12.3 Å². The molecule has 0 aliphatic carbocycles. The molecule has 7 nitrogen and oxygen atoms in total.